The highest BCUT2D eigenvalue weighted by atomic mass is 35.5. The van der Waals surface area contributed by atoms with Gasteiger partial charge in [0.15, 0.2) is 0 Å². The summed E-state index contributed by atoms with van der Waals surface area (Å²) in [5, 5.41) is 8.39. The highest BCUT2D eigenvalue weighted by molar-refractivity contribution is 7.14. The SMILES string of the molecule is CNCCN(C)C(=O)c1ccsc1NC(=O)c1ccc2c(c1)CCCC2.Cl. The molecule has 0 saturated heterocycles. The Bertz CT molecular complexity index is 806. The van der Waals surface area contributed by atoms with E-state index in [2.05, 4.69) is 16.7 Å². The van der Waals surface area contributed by atoms with Crippen LogP contribution in [-0.2, 0) is 12.8 Å². The fraction of sp³-hybridized carbons (Fsp3) is 0.400. The third-order valence-electron chi connectivity index (χ3n) is 4.78. The van der Waals surface area contributed by atoms with Crippen LogP contribution in [0, 0.1) is 0 Å². The molecule has 0 unspecified atom stereocenters. The molecule has 7 heteroatoms. The van der Waals surface area contributed by atoms with Gasteiger partial charge in [0.25, 0.3) is 11.8 Å². The number of fused-ring (bicyclic) bond motifs is 1. The molecule has 3 rings (SSSR count). The molecule has 5 nitrogen and oxygen atoms in total. The van der Waals surface area contributed by atoms with Gasteiger partial charge >= 0.3 is 0 Å². The highest BCUT2D eigenvalue weighted by Gasteiger charge is 2.19. The summed E-state index contributed by atoms with van der Waals surface area (Å²) in [7, 11) is 3.62. The van der Waals surface area contributed by atoms with Crippen molar-refractivity contribution in [3.63, 3.8) is 0 Å². The second-order valence-electron chi connectivity index (χ2n) is 6.64. The molecule has 1 aliphatic carbocycles. The Labute approximate surface area is 170 Å². The number of likely N-dealkylation sites (N-methyl/N-ethyl adjacent to an activating group) is 2. The molecule has 1 aliphatic rings. The van der Waals surface area contributed by atoms with Gasteiger partial charge in [-0.05, 0) is 67.4 Å². The zero-order chi connectivity index (χ0) is 18.5. The van der Waals surface area contributed by atoms with Gasteiger partial charge < -0.3 is 15.5 Å². The van der Waals surface area contributed by atoms with E-state index in [1.165, 1.54) is 35.3 Å². The Hall–Kier alpha value is -1.89. The third kappa shape index (κ3) is 5.09. The van der Waals surface area contributed by atoms with Gasteiger partial charge in [-0.15, -0.1) is 23.7 Å². The van der Waals surface area contributed by atoms with E-state index < -0.39 is 0 Å². The molecule has 27 heavy (non-hydrogen) atoms. The van der Waals surface area contributed by atoms with E-state index in [0.717, 1.165) is 19.4 Å². The largest absolute Gasteiger partial charge is 0.340 e. The number of benzene rings is 1. The Balaban J connectivity index is 0.00000261. The molecule has 146 valence electrons. The van der Waals surface area contributed by atoms with Gasteiger partial charge in [-0.1, -0.05) is 6.07 Å². The second-order valence-corrected chi connectivity index (χ2v) is 7.55. The van der Waals surface area contributed by atoms with E-state index >= 15 is 0 Å². The fourth-order valence-electron chi connectivity index (χ4n) is 3.21. The van der Waals surface area contributed by atoms with Crippen molar-refractivity contribution in [1.29, 1.82) is 0 Å². The molecule has 0 aliphatic heterocycles. The van der Waals surface area contributed by atoms with Crippen LogP contribution in [0.1, 0.15) is 44.7 Å². The number of nitrogens with zero attached hydrogens (tertiary/aromatic N) is 1. The predicted molar refractivity (Wildman–Crippen MR) is 113 cm³/mol. The lowest BCUT2D eigenvalue weighted by molar-refractivity contribution is 0.0798. The number of thiophene rings is 1. The molecule has 1 aromatic carbocycles. The van der Waals surface area contributed by atoms with Crippen LogP contribution in [0.3, 0.4) is 0 Å². The van der Waals surface area contributed by atoms with E-state index in [9.17, 15) is 9.59 Å². The summed E-state index contributed by atoms with van der Waals surface area (Å²) in [6, 6.07) is 7.71. The molecule has 0 fully saturated rings. The first-order chi connectivity index (χ1) is 12.6. The van der Waals surface area contributed by atoms with Gasteiger partial charge in [0, 0.05) is 25.7 Å². The van der Waals surface area contributed by atoms with Gasteiger partial charge in [-0.25, -0.2) is 0 Å². The Morgan fingerprint density at radius 1 is 1.15 bits per heavy atom. The summed E-state index contributed by atoms with van der Waals surface area (Å²) in [5.74, 6) is -0.241. The van der Waals surface area contributed by atoms with Crippen LogP contribution in [0.25, 0.3) is 0 Å². The summed E-state index contributed by atoms with van der Waals surface area (Å²) in [5.41, 5.74) is 3.82. The molecule has 0 spiro atoms. The Morgan fingerprint density at radius 3 is 2.63 bits per heavy atom. The first-order valence-electron chi connectivity index (χ1n) is 9.01. The van der Waals surface area contributed by atoms with Gasteiger partial charge in [0.2, 0.25) is 0 Å². The average Bonchev–Trinajstić information content (AvgIpc) is 3.13. The molecular weight excluding hydrogens is 382 g/mol. The van der Waals surface area contributed by atoms with Crippen molar-refractivity contribution in [2.24, 2.45) is 0 Å². The van der Waals surface area contributed by atoms with Crippen molar-refractivity contribution in [3.8, 4) is 0 Å². The number of carbonyl (C=O) groups excluding carboxylic acids is 2. The lowest BCUT2D eigenvalue weighted by Gasteiger charge is -2.18. The summed E-state index contributed by atoms with van der Waals surface area (Å²) >= 11 is 1.38. The number of rotatable bonds is 6. The number of halogens is 1. The number of hydrogen-bond donors (Lipinski definition) is 2. The number of hydrogen-bond acceptors (Lipinski definition) is 4. The van der Waals surface area contributed by atoms with Crippen molar-refractivity contribution in [2.75, 3.05) is 32.5 Å². The van der Waals surface area contributed by atoms with E-state index in [-0.39, 0.29) is 24.2 Å². The van der Waals surface area contributed by atoms with E-state index in [1.54, 1.807) is 18.0 Å². The lowest BCUT2D eigenvalue weighted by Crippen LogP contribution is -2.33. The molecule has 2 N–H and O–H groups in total. The zero-order valence-corrected chi connectivity index (χ0v) is 17.3. The second kappa shape index (κ2) is 9.88. The Kier molecular flexibility index (Phi) is 7.83. The maximum absolute atomic E-state index is 12.7. The van der Waals surface area contributed by atoms with Gasteiger partial charge in [-0.2, -0.15) is 0 Å². The third-order valence-corrected chi connectivity index (χ3v) is 5.61. The van der Waals surface area contributed by atoms with E-state index in [0.29, 0.717) is 22.7 Å². The van der Waals surface area contributed by atoms with Crippen LogP contribution >= 0.6 is 23.7 Å². The number of nitrogens with one attached hydrogen (secondary N) is 2. The first kappa shape index (κ1) is 21.4. The van der Waals surface area contributed by atoms with Crippen molar-refractivity contribution in [3.05, 3.63) is 51.9 Å². The normalized spacial score (nSPS) is 12.7. The number of carbonyl (C=O) groups is 2. The van der Waals surface area contributed by atoms with Gasteiger partial charge in [-0.3, -0.25) is 9.59 Å². The quantitative estimate of drug-likeness (QED) is 0.769. The molecule has 0 saturated carbocycles. The van der Waals surface area contributed by atoms with Crippen LogP contribution in [0.4, 0.5) is 5.00 Å². The molecule has 2 amide bonds. The standard InChI is InChI=1S/C20H25N3O2S.ClH/c1-21-10-11-23(2)20(25)17-9-12-26-19(17)22-18(24)16-8-7-14-5-3-4-6-15(14)13-16;/h7-9,12-13,21H,3-6,10-11H2,1-2H3,(H,22,24);1H. The maximum Gasteiger partial charge on any atom is 0.256 e. The molecule has 1 aromatic heterocycles. The highest BCUT2D eigenvalue weighted by Crippen LogP contribution is 2.26. The van der Waals surface area contributed by atoms with E-state index in [1.807, 2.05) is 24.6 Å². The van der Waals surface area contributed by atoms with Crippen molar-refractivity contribution < 1.29 is 9.59 Å². The molecule has 0 atom stereocenters. The van der Waals surface area contributed by atoms with Crippen LogP contribution in [0.15, 0.2) is 29.6 Å². The van der Waals surface area contributed by atoms with Crippen LogP contribution in [0.2, 0.25) is 0 Å². The minimum atomic E-state index is -0.159. The van der Waals surface area contributed by atoms with Crippen molar-refractivity contribution in [2.45, 2.75) is 25.7 Å². The van der Waals surface area contributed by atoms with Gasteiger partial charge in [0.05, 0.1) is 5.56 Å². The Morgan fingerprint density at radius 2 is 1.89 bits per heavy atom. The molecule has 0 radical (unpaired) electrons. The summed E-state index contributed by atoms with van der Waals surface area (Å²) in [4.78, 5) is 26.9. The summed E-state index contributed by atoms with van der Waals surface area (Å²) < 4.78 is 0. The smallest absolute Gasteiger partial charge is 0.256 e. The molecule has 1 heterocycles. The number of anilines is 1. The van der Waals surface area contributed by atoms with Crippen molar-refractivity contribution in [1.82, 2.24) is 10.2 Å². The minimum Gasteiger partial charge on any atom is -0.340 e. The van der Waals surface area contributed by atoms with Crippen LogP contribution in [-0.4, -0.2) is 43.9 Å². The topological polar surface area (TPSA) is 61.4 Å². The van der Waals surface area contributed by atoms with Crippen LogP contribution in [0.5, 0.6) is 0 Å². The number of aryl methyl sites for hydroxylation is 2. The predicted octanol–water partition coefficient (Wildman–Crippen LogP) is 3.59. The lowest BCUT2D eigenvalue weighted by atomic mass is 9.90. The van der Waals surface area contributed by atoms with Crippen LogP contribution < -0.4 is 10.6 Å². The molecule has 2 aromatic rings. The fourth-order valence-corrected chi connectivity index (χ4v) is 3.99. The molecular formula is C20H26ClN3O2S. The summed E-state index contributed by atoms with van der Waals surface area (Å²) in [6.07, 6.45) is 4.54. The maximum atomic E-state index is 12.7. The molecule has 0 bridgehead atoms. The zero-order valence-electron chi connectivity index (χ0n) is 15.7. The average molecular weight is 408 g/mol. The monoisotopic (exact) mass is 407 g/mol. The summed E-state index contributed by atoms with van der Waals surface area (Å²) in [6.45, 7) is 1.34. The van der Waals surface area contributed by atoms with E-state index in [4.69, 9.17) is 0 Å². The van der Waals surface area contributed by atoms with Crippen molar-refractivity contribution >= 4 is 40.6 Å². The van der Waals surface area contributed by atoms with Gasteiger partial charge in [0.1, 0.15) is 5.00 Å². The number of amides is 2. The first-order valence-corrected chi connectivity index (χ1v) is 9.89. The minimum absolute atomic E-state index is 0.